The zero-order valence-electron chi connectivity index (χ0n) is 42.6. The molecule has 0 saturated heterocycles. The average Bonchev–Trinajstić information content (AvgIpc) is 3.29. The molecular weight excluding hydrogens is 771 g/mol. The number of nitrogens with one attached hydrogen (secondary N) is 1. The topological polar surface area (TPSA) is 69.6 Å². The Labute approximate surface area is 394 Å². The summed E-state index contributed by atoms with van der Waals surface area (Å²) in [5.41, 5.74) is 0. The molecule has 4 nitrogen and oxygen atoms in total. The summed E-state index contributed by atoms with van der Waals surface area (Å²) in [6.45, 7) is 4.32. The summed E-state index contributed by atoms with van der Waals surface area (Å²) in [5, 5.41) is 23.2. The van der Waals surface area contributed by atoms with Crippen molar-refractivity contribution in [1.82, 2.24) is 5.32 Å². The minimum absolute atomic E-state index is 0.0738. The van der Waals surface area contributed by atoms with Gasteiger partial charge in [-0.3, -0.25) is 4.79 Å². The van der Waals surface area contributed by atoms with Gasteiger partial charge in [-0.25, -0.2) is 0 Å². The Balaban J connectivity index is 3.50. The van der Waals surface area contributed by atoms with E-state index >= 15 is 0 Å². The lowest BCUT2D eigenvalue weighted by Gasteiger charge is -2.20. The van der Waals surface area contributed by atoms with E-state index in [-0.39, 0.29) is 12.5 Å². The molecular formula is C59H111NO3. The van der Waals surface area contributed by atoms with Gasteiger partial charge in [0.1, 0.15) is 0 Å². The van der Waals surface area contributed by atoms with Crippen LogP contribution in [0.25, 0.3) is 0 Å². The highest BCUT2D eigenvalue weighted by Gasteiger charge is 2.18. The fourth-order valence-electron chi connectivity index (χ4n) is 8.72. The largest absolute Gasteiger partial charge is 0.394 e. The van der Waals surface area contributed by atoms with Gasteiger partial charge in [0, 0.05) is 6.42 Å². The Morgan fingerprint density at radius 2 is 0.651 bits per heavy atom. The number of hydrogen-bond donors (Lipinski definition) is 3. The van der Waals surface area contributed by atoms with Crippen molar-refractivity contribution in [2.75, 3.05) is 6.61 Å². The van der Waals surface area contributed by atoms with Gasteiger partial charge in [-0.1, -0.05) is 287 Å². The number of rotatable bonds is 52. The number of allylic oxidation sites excluding steroid dienone is 7. The van der Waals surface area contributed by atoms with Gasteiger partial charge in [-0.05, 0) is 57.8 Å². The number of aliphatic hydroxyl groups excluding tert-OH is 2. The lowest BCUT2D eigenvalue weighted by atomic mass is 10.0. The molecule has 0 spiro atoms. The molecule has 0 aromatic heterocycles. The molecule has 0 aromatic rings. The zero-order chi connectivity index (χ0) is 45.6. The van der Waals surface area contributed by atoms with E-state index in [1.807, 2.05) is 6.08 Å². The number of carbonyl (C=O) groups is 1. The summed E-state index contributed by atoms with van der Waals surface area (Å²) in [4.78, 5) is 12.5. The maximum absolute atomic E-state index is 12.5. The van der Waals surface area contributed by atoms with Crippen LogP contribution in [0.1, 0.15) is 303 Å². The summed E-state index contributed by atoms with van der Waals surface area (Å²) in [6, 6.07) is -0.632. The monoisotopic (exact) mass is 882 g/mol. The molecule has 0 saturated carbocycles. The van der Waals surface area contributed by atoms with Crippen LogP contribution in [-0.4, -0.2) is 34.9 Å². The van der Waals surface area contributed by atoms with E-state index in [1.165, 1.54) is 231 Å². The first kappa shape index (κ1) is 61.4. The zero-order valence-corrected chi connectivity index (χ0v) is 42.6. The van der Waals surface area contributed by atoms with Crippen molar-refractivity contribution in [3.8, 4) is 0 Å². The van der Waals surface area contributed by atoms with Gasteiger partial charge in [0.2, 0.25) is 5.91 Å². The fourth-order valence-corrected chi connectivity index (χ4v) is 8.72. The number of carbonyl (C=O) groups excluding carboxylic acids is 1. The highest BCUT2D eigenvalue weighted by molar-refractivity contribution is 5.76. The van der Waals surface area contributed by atoms with E-state index in [1.54, 1.807) is 6.08 Å². The van der Waals surface area contributed by atoms with E-state index in [4.69, 9.17) is 0 Å². The molecule has 0 fully saturated rings. The van der Waals surface area contributed by atoms with Gasteiger partial charge in [-0.15, -0.1) is 0 Å². The van der Waals surface area contributed by atoms with Crippen molar-refractivity contribution in [2.24, 2.45) is 0 Å². The van der Waals surface area contributed by atoms with E-state index in [0.29, 0.717) is 6.42 Å². The molecule has 1 amide bonds. The van der Waals surface area contributed by atoms with Crippen LogP contribution in [0.3, 0.4) is 0 Å². The van der Waals surface area contributed by atoms with Crippen LogP contribution in [0.15, 0.2) is 48.6 Å². The standard InChI is InChI=1S/C59H111NO3/c1-3-5-7-9-11-13-15-17-19-21-23-25-26-27-28-29-30-31-32-33-35-36-38-40-42-44-46-48-50-52-54-58(62)57(56-61)60-59(63)55-53-51-49-47-45-43-41-39-37-34-24-22-20-18-16-14-12-10-8-6-4-2/h16,18,22,24,37,39,52,54,57-58,61-62H,3-15,17,19-21,23,25-36,38,40-51,53,55-56H2,1-2H3,(H,60,63)/b18-16-,24-22-,39-37-,54-52+. The molecule has 370 valence electrons. The molecule has 0 bridgehead atoms. The molecule has 0 aromatic carbocycles. The van der Waals surface area contributed by atoms with Crippen LogP contribution in [0.5, 0.6) is 0 Å². The lowest BCUT2D eigenvalue weighted by Crippen LogP contribution is -2.45. The third-order valence-corrected chi connectivity index (χ3v) is 13.1. The highest BCUT2D eigenvalue weighted by Crippen LogP contribution is 2.17. The Morgan fingerprint density at radius 3 is 0.968 bits per heavy atom. The molecule has 0 heterocycles. The Hall–Kier alpha value is -1.65. The Bertz CT molecular complexity index is 1000. The average molecular weight is 883 g/mol. The maximum Gasteiger partial charge on any atom is 0.220 e. The van der Waals surface area contributed by atoms with Crippen molar-refractivity contribution >= 4 is 5.91 Å². The van der Waals surface area contributed by atoms with Gasteiger partial charge in [0.25, 0.3) is 0 Å². The molecule has 4 heteroatoms. The molecule has 3 N–H and O–H groups in total. The molecule has 0 rings (SSSR count). The van der Waals surface area contributed by atoms with Gasteiger partial charge < -0.3 is 15.5 Å². The van der Waals surface area contributed by atoms with Crippen molar-refractivity contribution in [3.05, 3.63) is 48.6 Å². The minimum atomic E-state index is -0.848. The first-order chi connectivity index (χ1) is 31.2. The summed E-state index contributed by atoms with van der Waals surface area (Å²) >= 11 is 0. The minimum Gasteiger partial charge on any atom is -0.394 e. The normalized spacial score (nSPS) is 13.1. The number of aliphatic hydroxyl groups is 2. The predicted octanol–water partition coefficient (Wildman–Crippen LogP) is 18.6. The van der Waals surface area contributed by atoms with E-state index < -0.39 is 12.1 Å². The van der Waals surface area contributed by atoms with Gasteiger partial charge in [0.05, 0.1) is 18.8 Å². The first-order valence-corrected chi connectivity index (χ1v) is 28.4. The lowest BCUT2D eigenvalue weighted by molar-refractivity contribution is -0.123. The fraction of sp³-hybridized carbons (Fsp3) is 0.847. The Morgan fingerprint density at radius 1 is 0.381 bits per heavy atom. The third-order valence-electron chi connectivity index (χ3n) is 13.1. The SMILES string of the molecule is CCCCCCC/C=C\C/C=C\C/C=C\CCCCCCCCC(=O)NC(CO)C(O)/C=C/CCCCCCCCCCCCCCCCCCCCCCCCCCCCCC. The van der Waals surface area contributed by atoms with Crippen molar-refractivity contribution in [1.29, 1.82) is 0 Å². The number of unbranched alkanes of at least 4 members (excludes halogenated alkanes) is 39. The van der Waals surface area contributed by atoms with Crippen LogP contribution in [-0.2, 0) is 4.79 Å². The van der Waals surface area contributed by atoms with Gasteiger partial charge >= 0.3 is 0 Å². The molecule has 0 aliphatic rings. The van der Waals surface area contributed by atoms with Crippen LogP contribution >= 0.6 is 0 Å². The van der Waals surface area contributed by atoms with Crippen molar-refractivity contribution in [3.63, 3.8) is 0 Å². The van der Waals surface area contributed by atoms with E-state index in [0.717, 1.165) is 51.4 Å². The van der Waals surface area contributed by atoms with Crippen LogP contribution in [0, 0.1) is 0 Å². The van der Waals surface area contributed by atoms with Crippen LogP contribution in [0.2, 0.25) is 0 Å². The molecule has 0 aliphatic heterocycles. The number of hydrogen-bond acceptors (Lipinski definition) is 3. The number of amides is 1. The summed E-state index contributed by atoms with van der Waals surface area (Å²) in [7, 11) is 0. The molecule has 0 aliphatic carbocycles. The quantitative estimate of drug-likeness (QED) is 0.0421. The molecule has 0 radical (unpaired) electrons. The van der Waals surface area contributed by atoms with E-state index in [9.17, 15) is 15.0 Å². The van der Waals surface area contributed by atoms with Gasteiger partial charge in [-0.2, -0.15) is 0 Å². The van der Waals surface area contributed by atoms with Crippen molar-refractivity contribution < 1.29 is 15.0 Å². The second-order valence-electron chi connectivity index (χ2n) is 19.4. The summed E-state index contributed by atoms with van der Waals surface area (Å²) < 4.78 is 0. The maximum atomic E-state index is 12.5. The molecule has 2 atom stereocenters. The summed E-state index contributed by atoms with van der Waals surface area (Å²) in [5.74, 6) is -0.0738. The first-order valence-electron chi connectivity index (χ1n) is 28.4. The molecule has 2 unspecified atom stereocenters. The van der Waals surface area contributed by atoms with E-state index in [2.05, 4.69) is 55.6 Å². The highest BCUT2D eigenvalue weighted by atomic mass is 16.3. The predicted molar refractivity (Wildman–Crippen MR) is 281 cm³/mol. The van der Waals surface area contributed by atoms with Crippen molar-refractivity contribution in [2.45, 2.75) is 315 Å². The Kier molecular flexibility index (Phi) is 53.3. The second-order valence-corrected chi connectivity index (χ2v) is 19.4. The van der Waals surface area contributed by atoms with Gasteiger partial charge in [0.15, 0.2) is 0 Å². The van der Waals surface area contributed by atoms with Crippen LogP contribution in [0.4, 0.5) is 0 Å². The smallest absolute Gasteiger partial charge is 0.220 e. The second kappa shape index (κ2) is 54.7. The third kappa shape index (κ3) is 51.2. The summed E-state index contributed by atoms with van der Waals surface area (Å²) in [6.07, 6.45) is 75.6. The van der Waals surface area contributed by atoms with Crippen LogP contribution < -0.4 is 5.32 Å². The molecule has 63 heavy (non-hydrogen) atoms.